The number of carbonyl (C=O) groups excluding carboxylic acids is 2. The highest BCUT2D eigenvalue weighted by molar-refractivity contribution is 7.14. The second-order valence-electron chi connectivity index (χ2n) is 5.46. The van der Waals surface area contributed by atoms with Crippen LogP contribution in [0, 0.1) is 0 Å². The Hall–Kier alpha value is -2.22. The van der Waals surface area contributed by atoms with Gasteiger partial charge in [-0.05, 0) is 20.3 Å². The molecule has 2 aromatic heterocycles. The lowest BCUT2D eigenvalue weighted by atomic mass is 10.1. The Kier molecular flexibility index (Phi) is 3.69. The Morgan fingerprint density at radius 2 is 2.14 bits per heavy atom. The maximum atomic E-state index is 12.8. The van der Waals surface area contributed by atoms with Gasteiger partial charge < -0.3 is 5.32 Å². The van der Waals surface area contributed by atoms with Crippen molar-refractivity contribution >= 4 is 34.1 Å². The number of nitrogens with one attached hydrogen (secondary N) is 1. The lowest BCUT2D eigenvalue weighted by Gasteiger charge is -2.36. The molecule has 116 valence electrons. The third-order valence-electron chi connectivity index (χ3n) is 3.66. The van der Waals surface area contributed by atoms with Crippen molar-refractivity contribution in [2.24, 2.45) is 0 Å². The molecular weight excluding hydrogens is 302 g/mol. The number of amides is 2. The van der Waals surface area contributed by atoms with Crippen LogP contribution in [0.4, 0.5) is 10.9 Å². The van der Waals surface area contributed by atoms with E-state index in [4.69, 9.17) is 0 Å². The summed E-state index contributed by atoms with van der Waals surface area (Å²) in [5, 5.41) is 8.99. The lowest BCUT2D eigenvalue weighted by Crippen LogP contribution is -2.45. The molecule has 1 aliphatic heterocycles. The molecule has 3 heterocycles. The summed E-state index contributed by atoms with van der Waals surface area (Å²) < 4.78 is 1.86. The van der Waals surface area contributed by atoms with E-state index < -0.39 is 0 Å². The minimum absolute atomic E-state index is 0.0672. The minimum atomic E-state index is -0.202. The first kappa shape index (κ1) is 14.7. The molecule has 8 heteroatoms. The van der Waals surface area contributed by atoms with Crippen LogP contribution >= 0.6 is 11.3 Å². The molecule has 0 radical (unpaired) electrons. The van der Waals surface area contributed by atoms with E-state index in [0.29, 0.717) is 10.8 Å². The molecule has 0 saturated heterocycles. The number of hydrogen-bond donors (Lipinski definition) is 1. The van der Waals surface area contributed by atoms with E-state index in [1.807, 2.05) is 17.7 Å². The van der Waals surface area contributed by atoms with Gasteiger partial charge in [-0.15, -0.1) is 11.3 Å². The molecule has 7 nitrogen and oxygen atoms in total. The molecule has 0 aromatic carbocycles. The Balaban J connectivity index is 1.90. The summed E-state index contributed by atoms with van der Waals surface area (Å²) in [4.78, 5) is 29.8. The third-order valence-corrected chi connectivity index (χ3v) is 4.42. The predicted molar refractivity (Wildman–Crippen MR) is 84.2 cm³/mol. The predicted octanol–water partition coefficient (Wildman–Crippen LogP) is 2.30. The smallest absolute Gasteiger partial charge is 0.279 e. The molecule has 0 bridgehead atoms. The maximum Gasteiger partial charge on any atom is 0.279 e. The average Bonchev–Trinajstić information content (AvgIpc) is 3.06. The number of rotatable bonds is 2. The maximum absolute atomic E-state index is 12.8. The molecule has 0 unspecified atom stereocenters. The average molecular weight is 319 g/mol. The van der Waals surface area contributed by atoms with E-state index >= 15 is 0 Å². The van der Waals surface area contributed by atoms with Gasteiger partial charge in [0, 0.05) is 24.4 Å². The van der Waals surface area contributed by atoms with Crippen LogP contribution < -0.4 is 10.2 Å². The van der Waals surface area contributed by atoms with E-state index in [-0.39, 0.29) is 23.9 Å². The van der Waals surface area contributed by atoms with Crippen molar-refractivity contribution in [3.63, 3.8) is 0 Å². The summed E-state index contributed by atoms with van der Waals surface area (Å²) >= 11 is 1.24. The Bertz CT molecular complexity index is 722. The monoisotopic (exact) mass is 319 g/mol. The molecule has 0 saturated carbocycles. The fraction of sp³-hybridized carbons (Fsp3) is 0.429. The molecular formula is C14H17N5O2S. The van der Waals surface area contributed by atoms with E-state index in [1.165, 1.54) is 18.3 Å². The van der Waals surface area contributed by atoms with Gasteiger partial charge in [0.05, 0.1) is 12.2 Å². The highest BCUT2D eigenvalue weighted by Crippen LogP contribution is 2.32. The Morgan fingerprint density at radius 3 is 2.86 bits per heavy atom. The van der Waals surface area contributed by atoms with Gasteiger partial charge in [-0.2, -0.15) is 5.10 Å². The van der Waals surface area contributed by atoms with E-state index in [9.17, 15) is 9.59 Å². The van der Waals surface area contributed by atoms with Crippen LogP contribution in [0.15, 0.2) is 17.6 Å². The van der Waals surface area contributed by atoms with Crippen LogP contribution in [0.1, 0.15) is 43.7 Å². The number of thiazole rings is 1. The zero-order valence-electron chi connectivity index (χ0n) is 12.6. The fourth-order valence-electron chi connectivity index (χ4n) is 2.77. The van der Waals surface area contributed by atoms with Crippen LogP contribution in [0.5, 0.6) is 0 Å². The van der Waals surface area contributed by atoms with E-state index in [2.05, 4.69) is 22.3 Å². The normalized spacial score (nSPS) is 20.6. The van der Waals surface area contributed by atoms with Gasteiger partial charge in [-0.3, -0.25) is 14.5 Å². The van der Waals surface area contributed by atoms with Gasteiger partial charge in [0.15, 0.2) is 5.13 Å². The van der Waals surface area contributed by atoms with Crippen LogP contribution in [0.25, 0.3) is 0 Å². The first-order valence-electron chi connectivity index (χ1n) is 7.07. The number of aromatic nitrogens is 3. The van der Waals surface area contributed by atoms with Crippen LogP contribution in [0.3, 0.4) is 0 Å². The highest BCUT2D eigenvalue weighted by Gasteiger charge is 2.33. The van der Waals surface area contributed by atoms with Crippen molar-refractivity contribution in [2.75, 3.05) is 10.2 Å². The summed E-state index contributed by atoms with van der Waals surface area (Å²) in [5.74, 6) is 0.408. The first-order valence-corrected chi connectivity index (χ1v) is 7.95. The molecule has 0 aliphatic carbocycles. The van der Waals surface area contributed by atoms with Crippen LogP contribution in [0.2, 0.25) is 0 Å². The third kappa shape index (κ3) is 2.50. The van der Waals surface area contributed by atoms with Crippen molar-refractivity contribution in [1.82, 2.24) is 14.8 Å². The summed E-state index contributed by atoms with van der Waals surface area (Å²) in [5.41, 5.74) is 0.336. The quantitative estimate of drug-likeness (QED) is 0.921. The van der Waals surface area contributed by atoms with Crippen molar-refractivity contribution in [3.8, 4) is 0 Å². The van der Waals surface area contributed by atoms with Crippen molar-refractivity contribution in [2.45, 2.75) is 39.3 Å². The molecule has 3 rings (SSSR count). The Morgan fingerprint density at radius 1 is 1.36 bits per heavy atom. The topological polar surface area (TPSA) is 80.1 Å². The summed E-state index contributed by atoms with van der Waals surface area (Å²) in [6, 6.07) is 2.16. The SMILES string of the molecule is CC(=O)Nc1nc(C(=O)N2c3ccnn3[C@@H](C)C[C@H]2C)cs1. The Labute approximate surface area is 132 Å². The second-order valence-corrected chi connectivity index (χ2v) is 6.32. The van der Waals surface area contributed by atoms with Crippen molar-refractivity contribution < 1.29 is 9.59 Å². The van der Waals surface area contributed by atoms with Crippen molar-refractivity contribution in [1.29, 1.82) is 0 Å². The van der Waals surface area contributed by atoms with Gasteiger partial charge in [-0.25, -0.2) is 9.67 Å². The lowest BCUT2D eigenvalue weighted by molar-refractivity contribution is -0.114. The van der Waals surface area contributed by atoms with E-state index in [0.717, 1.165) is 12.2 Å². The molecule has 1 aliphatic rings. The van der Waals surface area contributed by atoms with E-state index in [1.54, 1.807) is 16.5 Å². The van der Waals surface area contributed by atoms with Gasteiger partial charge in [0.2, 0.25) is 5.91 Å². The molecule has 0 spiro atoms. The first-order chi connectivity index (χ1) is 10.5. The number of anilines is 2. The second kappa shape index (κ2) is 5.53. The van der Waals surface area contributed by atoms with Gasteiger partial charge >= 0.3 is 0 Å². The van der Waals surface area contributed by atoms with Crippen molar-refractivity contribution in [3.05, 3.63) is 23.3 Å². The molecule has 2 amide bonds. The van der Waals surface area contributed by atoms with Gasteiger partial charge in [0.1, 0.15) is 11.5 Å². The van der Waals surface area contributed by atoms with Gasteiger partial charge in [-0.1, -0.05) is 0 Å². The number of fused-ring (bicyclic) bond motifs is 1. The van der Waals surface area contributed by atoms with Gasteiger partial charge in [0.25, 0.3) is 5.91 Å². The fourth-order valence-corrected chi connectivity index (χ4v) is 3.50. The zero-order chi connectivity index (χ0) is 15.9. The highest BCUT2D eigenvalue weighted by atomic mass is 32.1. The summed E-state index contributed by atoms with van der Waals surface area (Å²) in [6.45, 7) is 5.52. The molecule has 2 atom stereocenters. The largest absolute Gasteiger partial charge is 0.302 e. The molecule has 0 fully saturated rings. The molecule has 22 heavy (non-hydrogen) atoms. The van der Waals surface area contributed by atoms with Crippen LogP contribution in [-0.2, 0) is 4.79 Å². The standard InChI is InChI=1S/C14H17N5O2S/c1-8-6-9(2)19-12(4-5-15-19)18(8)13(21)11-7-22-14(17-11)16-10(3)20/h4-5,7-9H,6H2,1-3H3,(H,16,17,20)/t8-,9+/m1/s1. The summed E-state index contributed by atoms with van der Waals surface area (Å²) in [7, 11) is 0. The number of nitrogens with zero attached hydrogens (tertiary/aromatic N) is 4. The number of hydrogen-bond acceptors (Lipinski definition) is 5. The zero-order valence-corrected chi connectivity index (χ0v) is 13.4. The molecule has 1 N–H and O–H groups in total. The summed E-state index contributed by atoms with van der Waals surface area (Å²) in [6.07, 6.45) is 2.54. The number of carbonyl (C=O) groups is 2. The minimum Gasteiger partial charge on any atom is -0.302 e. The molecule has 2 aromatic rings. The van der Waals surface area contributed by atoms with Crippen LogP contribution in [-0.4, -0.2) is 32.6 Å².